The highest BCUT2D eigenvalue weighted by Gasteiger charge is 2.10. The van der Waals surface area contributed by atoms with Gasteiger partial charge in [0.1, 0.15) is 5.82 Å². The van der Waals surface area contributed by atoms with Gasteiger partial charge in [0.2, 0.25) is 0 Å². The second kappa shape index (κ2) is 6.05. The summed E-state index contributed by atoms with van der Waals surface area (Å²) in [6.07, 6.45) is 0. The molecule has 0 radical (unpaired) electrons. The van der Waals surface area contributed by atoms with Gasteiger partial charge < -0.3 is 10.6 Å². The first-order chi connectivity index (χ1) is 9.51. The van der Waals surface area contributed by atoms with Gasteiger partial charge in [-0.3, -0.25) is 4.79 Å². The van der Waals surface area contributed by atoms with E-state index in [0.29, 0.717) is 15.7 Å². The number of amides is 1. The summed E-state index contributed by atoms with van der Waals surface area (Å²) < 4.78 is 13.9. The fourth-order valence-electron chi connectivity index (χ4n) is 1.76. The van der Waals surface area contributed by atoms with Crippen molar-refractivity contribution in [2.45, 2.75) is 6.92 Å². The first-order valence-electron chi connectivity index (χ1n) is 6.06. The van der Waals surface area contributed by atoms with Crippen molar-refractivity contribution in [3.8, 4) is 0 Å². The van der Waals surface area contributed by atoms with E-state index in [2.05, 4.69) is 26.6 Å². The lowest BCUT2D eigenvalue weighted by Gasteiger charge is -2.10. The molecule has 0 atom stereocenters. The lowest BCUT2D eigenvalue weighted by Crippen LogP contribution is -2.13. The number of aryl methyl sites for hydroxylation is 1. The molecule has 3 nitrogen and oxygen atoms in total. The number of nitrogens with one attached hydrogen (secondary N) is 2. The molecule has 0 heterocycles. The van der Waals surface area contributed by atoms with Crippen LogP contribution >= 0.6 is 15.9 Å². The number of hydrogen-bond donors (Lipinski definition) is 2. The van der Waals surface area contributed by atoms with Crippen LogP contribution in [0, 0.1) is 12.7 Å². The van der Waals surface area contributed by atoms with Gasteiger partial charge in [-0.2, -0.15) is 0 Å². The third-order valence-corrected chi connectivity index (χ3v) is 3.56. The molecule has 0 aliphatic heterocycles. The highest BCUT2D eigenvalue weighted by Crippen LogP contribution is 2.24. The molecule has 0 bridgehead atoms. The standard InChI is InChI=1S/C15H14BrFN2O/c1-9-7-12(16)13(17)8-14(9)19-15(20)10-3-5-11(18-2)6-4-10/h3-8,18H,1-2H3,(H,19,20). The SMILES string of the molecule is CNc1ccc(C(=O)Nc2cc(F)c(Br)cc2C)cc1. The minimum Gasteiger partial charge on any atom is -0.388 e. The van der Waals surface area contributed by atoms with Crippen molar-refractivity contribution in [2.75, 3.05) is 17.7 Å². The van der Waals surface area contributed by atoms with E-state index in [1.165, 1.54) is 6.07 Å². The van der Waals surface area contributed by atoms with Crippen molar-refractivity contribution >= 4 is 33.2 Å². The molecular weight excluding hydrogens is 323 g/mol. The largest absolute Gasteiger partial charge is 0.388 e. The number of halogens is 2. The maximum Gasteiger partial charge on any atom is 0.255 e. The lowest BCUT2D eigenvalue weighted by atomic mass is 10.1. The van der Waals surface area contributed by atoms with Gasteiger partial charge in [-0.05, 0) is 64.8 Å². The molecular formula is C15H14BrFN2O. The van der Waals surface area contributed by atoms with E-state index in [1.807, 2.05) is 26.1 Å². The Hall–Kier alpha value is -1.88. The maximum atomic E-state index is 13.5. The average Bonchev–Trinajstić information content (AvgIpc) is 2.44. The van der Waals surface area contributed by atoms with Crippen LogP contribution in [0.25, 0.3) is 0 Å². The first-order valence-corrected chi connectivity index (χ1v) is 6.85. The zero-order valence-corrected chi connectivity index (χ0v) is 12.7. The number of carbonyl (C=O) groups excluding carboxylic acids is 1. The van der Waals surface area contributed by atoms with Gasteiger partial charge in [-0.1, -0.05) is 0 Å². The molecule has 2 rings (SSSR count). The van der Waals surface area contributed by atoms with Crippen LogP contribution in [0.5, 0.6) is 0 Å². The second-order valence-electron chi connectivity index (χ2n) is 4.36. The smallest absolute Gasteiger partial charge is 0.255 e. The van der Waals surface area contributed by atoms with Crippen LogP contribution in [0.2, 0.25) is 0 Å². The fourth-order valence-corrected chi connectivity index (χ4v) is 2.22. The number of benzene rings is 2. The van der Waals surface area contributed by atoms with E-state index in [4.69, 9.17) is 0 Å². The van der Waals surface area contributed by atoms with Crippen LogP contribution in [0.1, 0.15) is 15.9 Å². The molecule has 5 heteroatoms. The third kappa shape index (κ3) is 3.17. The normalized spacial score (nSPS) is 10.2. The Balaban J connectivity index is 2.20. The molecule has 0 aliphatic carbocycles. The van der Waals surface area contributed by atoms with Crippen molar-refractivity contribution in [2.24, 2.45) is 0 Å². The quantitative estimate of drug-likeness (QED) is 0.882. The first kappa shape index (κ1) is 14.5. The predicted molar refractivity (Wildman–Crippen MR) is 82.8 cm³/mol. The van der Waals surface area contributed by atoms with E-state index >= 15 is 0 Å². The molecule has 0 spiro atoms. The van der Waals surface area contributed by atoms with Crippen LogP contribution in [0.3, 0.4) is 0 Å². The third-order valence-electron chi connectivity index (χ3n) is 2.95. The Kier molecular flexibility index (Phi) is 4.39. The van der Waals surface area contributed by atoms with Gasteiger partial charge in [0.15, 0.2) is 0 Å². The van der Waals surface area contributed by atoms with Gasteiger partial charge in [0.25, 0.3) is 5.91 Å². The Morgan fingerprint density at radius 1 is 1.20 bits per heavy atom. The Bertz CT molecular complexity index is 641. The summed E-state index contributed by atoms with van der Waals surface area (Å²) in [6.45, 7) is 1.81. The van der Waals surface area contributed by atoms with Crippen LogP contribution in [0.15, 0.2) is 40.9 Å². The van der Waals surface area contributed by atoms with Crippen molar-refractivity contribution in [1.82, 2.24) is 0 Å². The molecule has 0 saturated heterocycles. The molecule has 104 valence electrons. The Morgan fingerprint density at radius 3 is 2.45 bits per heavy atom. The summed E-state index contributed by atoms with van der Waals surface area (Å²) in [4.78, 5) is 12.1. The lowest BCUT2D eigenvalue weighted by molar-refractivity contribution is 0.102. The van der Waals surface area contributed by atoms with Gasteiger partial charge in [-0.15, -0.1) is 0 Å². The van der Waals surface area contributed by atoms with Gasteiger partial charge in [0.05, 0.1) is 4.47 Å². The van der Waals surface area contributed by atoms with Crippen molar-refractivity contribution in [3.05, 3.63) is 57.8 Å². The van der Waals surface area contributed by atoms with Crippen molar-refractivity contribution in [1.29, 1.82) is 0 Å². The van der Waals surface area contributed by atoms with E-state index in [1.54, 1.807) is 18.2 Å². The number of hydrogen-bond acceptors (Lipinski definition) is 2. The summed E-state index contributed by atoms with van der Waals surface area (Å²) in [5, 5.41) is 5.69. The molecule has 0 unspecified atom stereocenters. The highest BCUT2D eigenvalue weighted by molar-refractivity contribution is 9.10. The van der Waals surface area contributed by atoms with Crippen LogP contribution < -0.4 is 10.6 Å². The number of carbonyl (C=O) groups is 1. The summed E-state index contributed by atoms with van der Waals surface area (Å²) in [5.74, 6) is -0.672. The molecule has 0 aliphatic rings. The summed E-state index contributed by atoms with van der Waals surface area (Å²) in [5.41, 5.74) is 2.70. The van der Waals surface area contributed by atoms with Gasteiger partial charge in [-0.25, -0.2) is 4.39 Å². The minimum absolute atomic E-state index is 0.266. The predicted octanol–water partition coefficient (Wildman–Crippen LogP) is 4.19. The Morgan fingerprint density at radius 2 is 1.85 bits per heavy atom. The maximum absolute atomic E-state index is 13.5. The van der Waals surface area contributed by atoms with Gasteiger partial charge >= 0.3 is 0 Å². The monoisotopic (exact) mass is 336 g/mol. The average molecular weight is 337 g/mol. The van der Waals surface area contributed by atoms with E-state index in [-0.39, 0.29) is 5.91 Å². The van der Waals surface area contributed by atoms with E-state index < -0.39 is 5.82 Å². The van der Waals surface area contributed by atoms with Crippen molar-refractivity contribution < 1.29 is 9.18 Å². The molecule has 0 saturated carbocycles. The molecule has 2 aromatic rings. The van der Waals surface area contributed by atoms with E-state index in [9.17, 15) is 9.18 Å². The molecule has 0 aromatic heterocycles. The van der Waals surface area contributed by atoms with Gasteiger partial charge in [0, 0.05) is 24.0 Å². The molecule has 20 heavy (non-hydrogen) atoms. The summed E-state index contributed by atoms with van der Waals surface area (Å²) in [7, 11) is 1.81. The van der Waals surface area contributed by atoms with Crippen LogP contribution in [-0.4, -0.2) is 13.0 Å². The van der Waals surface area contributed by atoms with Crippen LogP contribution in [0.4, 0.5) is 15.8 Å². The summed E-state index contributed by atoms with van der Waals surface area (Å²) in [6, 6.07) is 9.99. The molecule has 2 N–H and O–H groups in total. The Labute approximate surface area is 125 Å². The molecule has 0 fully saturated rings. The van der Waals surface area contributed by atoms with E-state index in [0.717, 1.165) is 11.3 Å². The molecule has 1 amide bonds. The highest BCUT2D eigenvalue weighted by atomic mass is 79.9. The van der Waals surface area contributed by atoms with Crippen LogP contribution in [-0.2, 0) is 0 Å². The zero-order valence-electron chi connectivity index (χ0n) is 11.1. The second-order valence-corrected chi connectivity index (χ2v) is 5.22. The minimum atomic E-state index is -0.406. The number of rotatable bonds is 3. The zero-order chi connectivity index (χ0) is 14.7. The number of anilines is 2. The molecule has 2 aromatic carbocycles. The summed E-state index contributed by atoms with van der Waals surface area (Å²) >= 11 is 3.11. The topological polar surface area (TPSA) is 41.1 Å². The van der Waals surface area contributed by atoms with Crippen molar-refractivity contribution in [3.63, 3.8) is 0 Å². The fraction of sp³-hybridized carbons (Fsp3) is 0.133.